The Labute approximate surface area is 212 Å². The van der Waals surface area contributed by atoms with E-state index in [2.05, 4.69) is 11.8 Å². The Morgan fingerprint density at radius 2 is 1.67 bits per heavy atom. The maximum absolute atomic E-state index is 12.5. The number of piperidine rings is 2. The number of ether oxygens (including phenoxy) is 1. The van der Waals surface area contributed by atoms with Gasteiger partial charge in [-0.1, -0.05) is 13.8 Å². The quantitative estimate of drug-likeness (QED) is 0.222. The summed E-state index contributed by atoms with van der Waals surface area (Å²) in [6.07, 6.45) is -1.92. The van der Waals surface area contributed by atoms with Crippen LogP contribution in [-0.4, -0.2) is 107 Å². The third kappa shape index (κ3) is 2.46. The second-order valence-corrected chi connectivity index (χ2v) is 14.2. The van der Waals surface area contributed by atoms with Gasteiger partial charge in [-0.25, -0.2) is 0 Å². The van der Waals surface area contributed by atoms with Crippen LogP contribution in [0.5, 0.6) is 0 Å². The molecule has 1 spiro atoms. The summed E-state index contributed by atoms with van der Waals surface area (Å²) < 4.78 is 6.51. The number of fused-ring (bicyclic) bond motifs is 5. The number of nitrogens with zero attached hydrogens (tertiary/aromatic N) is 1. The minimum atomic E-state index is -1.85. The van der Waals surface area contributed by atoms with Gasteiger partial charge in [-0.15, -0.1) is 0 Å². The SMILES string of the molecule is C[C@H]1CCC2N(C1)C[C@@H]1C(C(O)[C@H](O)[C@]3(O)C1C[C@@]14O[C@]5(O)C(CC(O)C31)[C@]4(C)CC[C@@H]5O)[C@]2(C)O. The molecule has 4 aliphatic carbocycles. The van der Waals surface area contributed by atoms with Crippen LogP contribution in [-0.2, 0) is 4.74 Å². The fraction of sp³-hybridized carbons (Fsp3) is 1.00. The Morgan fingerprint density at radius 3 is 2.39 bits per heavy atom. The lowest BCUT2D eigenvalue weighted by molar-refractivity contribution is -0.295. The van der Waals surface area contributed by atoms with E-state index in [0.717, 1.165) is 19.4 Å². The first-order valence-corrected chi connectivity index (χ1v) is 14.1. The summed E-state index contributed by atoms with van der Waals surface area (Å²) in [6, 6.07) is -0.130. The second kappa shape index (κ2) is 7.04. The Balaban J connectivity index is 1.37. The zero-order chi connectivity index (χ0) is 25.8. The molecule has 9 heteroatoms. The molecule has 0 aromatic heterocycles. The molecular weight excluding hydrogens is 466 g/mol. The van der Waals surface area contributed by atoms with E-state index in [4.69, 9.17) is 4.74 Å². The van der Waals surface area contributed by atoms with Gasteiger partial charge in [0.25, 0.3) is 0 Å². The van der Waals surface area contributed by atoms with Gasteiger partial charge in [0.1, 0.15) is 17.8 Å². The molecule has 204 valence electrons. The van der Waals surface area contributed by atoms with E-state index in [1.54, 1.807) is 6.92 Å². The lowest BCUT2D eigenvalue weighted by Gasteiger charge is -2.63. The average molecular weight is 510 g/mol. The summed E-state index contributed by atoms with van der Waals surface area (Å²) in [7, 11) is 0. The van der Waals surface area contributed by atoms with Gasteiger partial charge >= 0.3 is 0 Å². The first-order chi connectivity index (χ1) is 16.7. The summed E-state index contributed by atoms with van der Waals surface area (Å²) in [5.41, 5.74) is -4.88. The molecule has 3 aliphatic heterocycles. The second-order valence-electron chi connectivity index (χ2n) is 14.2. The standard InChI is InChI=1S/C27H43NO8/c1-12-4-5-17-24(3,33)19-13(11-28(17)10-12)14-9-25-21(26(14,34)22(32)20(19)31)15(29)8-16-23(25,2)7-6-18(30)27(16,35)36-25/h12-22,29-35H,4-11H2,1-3H3/t12-,13-,14?,15?,16?,17?,18-,19?,20?,21?,22-,23-,24+,25+,26-,27+/m0/s1. The number of aliphatic hydroxyl groups excluding tert-OH is 4. The van der Waals surface area contributed by atoms with Crippen LogP contribution >= 0.6 is 0 Å². The predicted octanol–water partition coefficient (Wildman–Crippen LogP) is -0.814. The minimum absolute atomic E-state index is 0.130. The van der Waals surface area contributed by atoms with Gasteiger partial charge in [0.15, 0.2) is 5.79 Å². The van der Waals surface area contributed by atoms with E-state index in [0.29, 0.717) is 31.7 Å². The highest BCUT2D eigenvalue weighted by atomic mass is 16.7. The van der Waals surface area contributed by atoms with Gasteiger partial charge in [0, 0.05) is 42.3 Å². The molecular formula is C27H43NO8. The predicted molar refractivity (Wildman–Crippen MR) is 126 cm³/mol. The van der Waals surface area contributed by atoms with Crippen molar-refractivity contribution in [1.29, 1.82) is 0 Å². The van der Waals surface area contributed by atoms with Crippen LogP contribution in [0.2, 0.25) is 0 Å². The molecule has 7 fully saturated rings. The number of aliphatic hydroxyl groups is 7. The van der Waals surface area contributed by atoms with E-state index < -0.39 is 76.1 Å². The van der Waals surface area contributed by atoms with Crippen molar-refractivity contribution in [3.63, 3.8) is 0 Å². The third-order valence-electron chi connectivity index (χ3n) is 12.8. The molecule has 7 aliphatic rings. The topological polar surface area (TPSA) is 154 Å². The highest BCUT2D eigenvalue weighted by molar-refractivity contribution is 5.33. The van der Waals surface area contributed by atoms with Crippen LogP contribution in [0.4, 0.5) is 0 Å². The first-order valence-electron chi connectivity index (χ1n) is 14.1. The maximum Gasteiger partial charge on any atom is 0.196 e. The summed E-state index contributed by atoms with van der Waals surface area (Å²) in [5, 5.41) is 81.4. The minimum Gasteiger partial charge on any atom is -0.393 e. The van der Waals surface area contributed by atoms with Gasteiger partial charge in [-0.2, -0.15) is 0 Å². The molecule has 0 radical (unpaired) electrons. The Morgan fingerprint density at radius 1 is 0.944 bits per heavy atom. The molecule has 9 nitrogen and oxygen atoms in total. The van der Waals surface area contributed by atoms with Crippen molar-refractivity contribution in [1.82, 2.24) is 4.90 Å². The number of hydrogen-bond donors (Lipinski definition) is 7. The Bertz CT molecular complexity index is 964. The van der Waals surface area contributed by atoms with Crippen molar-refractivity contribution in [2.75, 3.05) is 13.1 Å². The summed E-state index contributed by atoms with van der Waals surface area (Å²) >= 11 is 0. The Hall–Kier alpha value is -0.360. The van der Waals surface area contributed by atoms with Crippen LogP contribution in [0.3, 0.4) is 0 Å². The average Bonchev–Trinajstić information content (AvgIpc) is 3.08. The first kappa shape index (κ1) is 24.7. The van der Waals surface area contributed by atoms with Crippen molar-refractivity contribution < 1.29 is 40.5 Å². The van der Waals surface area contributed by atoms with Crippen molar-refractivity contribution in [3.8, 4) is 0 Å². The van der Waals surface area contributed by atoms with Gasteiger partial charge in [0.2, 0.25) is 0 Å². The van der Waals surface area contributed by atoms with E-state index in [1.165, 1.54) is 0 Å². The lowest BCUT2D eigenvalue weighted by atomic mass is 9.49. The summed E-state index contributed by atoms with van der Waals surface area (Å²) in [6.45, 7) is 7.40. The van der Waals surface area contributed by atoms with Crippen LogP contribution in [0, 0.1) is 40.9 Å². The van der Waals surface area contributed by atoms with E-state index in [1.807, 2.05) is 6.92 Å². The van der Waals surface area contributed by atoms with Gasteiger partial charge in [-0.3, -0.25) is 4.90 Å². The molecule has 0 amide bonds. The molecule has 7 unspecified atom stereocenters. The molecule has 3 heterocycles. The van der Waals surface area contributed by atoms with Crippen LogP contribution in [0.15, 0.2) is 0 Å². The fourth-order valence-corrected chi connectivity index (χ4v) is 11.4. The summed E-state index contributed by atoms with van der Waals surface area (Å²) in [4.78, 5) is 2.30. The molecule has 7 rings (SSSR count). The maximum atomic E-state index is 12.5. The largest absolute Gasteiger partial charge is 0.393 e. The molecule has 4 bridgehead atoms. The van der Waals surface area contributed by atoms with Crippen molar-refractivity contribution in [2.24, 2.45) is 40.9 Å². The highest BCUT2D eigenvalue weighted by Crippen LogP contribution is 2.76. The smallest absolute Gasteiger partial charge is 0.196 e. The zero-order valence-corrected chi connectivity index (χ0v) is 21.5. The number of rotatable bonds is 0. The van der Waals surface area contributed by atoms with E-state index >= 15 is 0 Å². The molecule has 7 N–H and O–H groups in total. The summed E-state index contributed by atoms with van der Waals surface area (Å²) in [5.74, 6) is -4.29. The molecule has 16 atom stereocenters. The van der Waals surface area contributed by atoms with Gasteiger partial charge in [0.05, 0.1) is 23.4 Å². The van der Waals surface area contributed by atoms with Gasteiger partial charge < -0.3 is 40.5 Å². The van der Waals surface area contributed by atoms with Crippen LogP contribution in [0.25, 0.3) is 0 Å². The molecule has 36 heavy (non-hydrogen) atoms. The normalized spacial score (nSPS) is 68.0. The molecule has 3 saturated heterocycles. The Kier molecular flexibility index (Phi) is 4.82. The van der Waals surface area contributed by atoms with Crippen LogP contribution in [0.1, 0.15) is 59.3 Å². The highest BCUT2D eigenvalue weighted by Gasteiger charge is 2.86. The molecule has 0 aromatic rings. The van der Waals surface area contributed by atoms with Crippen LogP contribution < -0.4 is 0 Å². The lowest BCUT2D eigenvalue weighted by Crippen LogP contribution is -2.76. The van der Waals surface area contributed by atoms with Gasteiger partial charge in [-0.05, 0) is 63.2 Å². The monoisotopic (exact) mass is 509 g/mol. The zero-order valence-electron chi connectivity index (χ0n) is 21.5. The number of hydrogen-bond acceptors (Lipinski definition) is 9. The van der Waals surface area contributed by atoms with E-state index in [-0.39, 0.29) is 18.4 Å². The van der Waals surface area contributed by atoms with Crippen molar-refractivity contribution >= 4 is 0 Å². The molecule has 0 aromatic carbocycles. The van der Waals surface area contributed by atoms with Crippen molar-refractivity contribution in [2.45, 2.75) is 112 Å². The van der Waals surface area contributed by atoms with Crippen molar-refractivity contribution in [3.05, 3.63) is 0 Å². The molecule has 4 saturated carbocycles. The van der Waals surface area contributed by atoms with E-state index in [9.17, 15) is 35.7 Å². The fourth-order valence-electron chi connectivity index (χ4n) is 11.4. The third-order valence-corrected chi connectivity index (χ3v) is 12.8.